The third-order valence-corrected chi connectivity index (χ3v) is 8.53. The lowest BCUT2D eigenvalue weighted by Gasteiger charge is -2.34. The Bertz CT molecular complexity index is 1420. The first-order valence-corrected chi connectivity index (χ1v) is 14.8. The molecule has 39 heavy (non-hydrogen) atoms. The molecule has 1 atom stereocenters. The van der Waals surface area contributed by atoms with Crippen LogP contribution in [0.15, 0.2) is 77.7 Å². The number of carbonyl (C=O) groups is 2. The van der Waals surface area contributed by atoms with E-state index in [1.165, 1.54) is 17.0 Å². The number of hydrogen-bond donors (Lipinski definition) is 1. The van der Waals surface area contributed by atoms with Gasteiger partial charge in [0.15, 0.2) is 0 Å². The predicted octanol–water partition coefficient (Wildman–Crippen LogP) is 5.83. The quantitative estimate of drug-likeness (QED) is 0.305. The highest BCUT2D eigenvalue weighted by atomic mass is 35.5. The van der Waals surface area contributed by atoms with Gasteiger partial charge in [-0.2, -0.15) is 0 Å². The van der Waals surface area contributed by atoms with Crippen molar-refractivity contribution in [1.82, 2.24) is 10.2 Å². The fourth-order valence-corrected chi connectivity index (χ4v) is 6.16. The lowest BCUT2D eigenvalue weighted by molar-refractivity contribution is -0.140. The molecule has 3 aromatic carbocycles. The molecule has 1 unspecified atom stereocenters. The lowest BCUT2D eigenvalue weighted by atomic mass is 10.1. The number of nitrogens with one attached hydrogen (secondary N) is 1. The van der Waals surface area contributed by atoms with Crippen LogP contribution in [0.25, 0.3) is 0 Å². The molecule has 0 saturated carbocycles. The molecule has 7 nitrogen and oxygen atoms in total. The van der Waals surface area contributed by atoms with Crippen LogP contribution in [0.4, 0.5) is 5.69 Å². The average molecular weight is 591 g/mol. The van der Waals surface area contributed by atoms with Crippen LogP contribution in [0.1, 0.15) is 38.3 Å². The van der Waals surface area contributed by atoms with Crippen LogP contribution in [0, 0.1) is 6.92 Å². The number of hydrogen-bond acceptors (Lipinski definition) is 4. The molecule has 0 heterocycles. The third-order valence-electron chi connectivity index (χ3n) is 6.15. The zero-order valence-corrected chi connectivity index (χ0v) is 24.7. The maximum Gasteiger partial charge on any atom is 0.264 e. The standard InChI is InChI=1S/C29H33Cl2N3O4S/c1-5-26(29(36)32-20(2)3)33(18-22-11-9-10-14-25(22)31)28(35)19-34(27-16-15-23(30)17-21(27)4)39(37,38)24-12-7-6-8-13-24/h6-17,20,26H,5,18-19H2,1-4H3,(H,32,36). The molecular formula is C29H33Cl2N3O4S. The van der Waals surface area contributed by atoms with E-state index in [0.717, 1.165) is 4.31 Å². The van der Waals surface area contributed by atoms with Gasteiger partial charge in [0, 0.05) is 22.6 Å². The largest absolute Gasteiger partial charge is 0.352 e. The highest BCUT2D eigenvalue weighted by Crippen LogP contribution is 2.30. The van der Waals surface area contributed by atoms with Gasteiger partial charge in [0.1, 0.15) is 12.6 Å². The number of benzene rings is 3. The summed E-state index contributed by atoms with van der Waals surface area (Å²) in [5, 5.41) is 3.76. The van der Waals surface area contributed by atoms with Crippen LogP contribution in [-0.4, -0.2) is 43.8 Å². The number of aryl methyl sites for hydroxylation is 1. The number of halogens is 2. The number of carbonyl (C=O) groups excluding carboxylic acids is 2. The molecule has 0 aliphatic heterocycles. The zero-order chi connectivity index (χ0) is 28.7. The Balaban J connectivity index is 2.10. The summed E-state index contributed by atoms with van der Waals surface area (Å²) >= 11 is 12.6. The minimum absolute atomic E-state index is 0.0291. The second-order valence-corrected chi connectivity index (χ2v) is 12.2. The fourth-order valence-electron chi connectivity index (χ4n) is 4.24. The first-order valence-electron chi connectivity index (χ1n) is 12.6. The van der Waals surface area contributed by atoms with E-state index in [4.69, 9.17) is 23.2 Å². The number of rotatable bonds is 11. The molecule has 0 bridgehead atoms. The van der Waals surface area contributed by atoms with Gasteiger partial charge in [0.25, 0.3) is 10.0 Å². The zero-order valence-electron chi connectivity index (χ0n) is 22.4. The van der Waals surface area contributed by atoms with Crippen molar-refractivity contribution in [2.24, 2.45) is 0 Å². The van der Waals surface area contributed by atoms with Gasteiger partial charge in [0.05, 0.1) is 10.6 Å². The molecule has 0 aromatic heterocycles. The molecule has 1 N–H and O–H groups in total. The maximum atomic E-state index is 14.1. The minimum Gasteiger partial charge on any atom is -0.352 e. The molecule has 0 fully saturated rings. The second-order valence-electron chi connectivity index (χ2n) is 9.46. The summed E-state index contributed by atoms with van der Waals surface area (Å²) in [6.45, 7) is 6.70. The molecule has 0 radical (unpaired) electrons. The number of sulfonamides is 1. The number of anilines is 1. The Kier molecular flexibility index (Phi) is 10.4. The van der Waals surface area contributed by atoms with Gasteiger partial charge in [-0.15, -0.1) is 0 Å². The van der Waals surface area contributed by atoms with Crippen LogP contribution in [-0.2, 0) is 26.2 Å². The summed E-state index contributed by atoms with van der Waals surface area (Å²) < 4.78 is 28.8. The van der Waals surface area contributed by atoms with E-state index in [1.807, 2.05) is 13.8 Å². The van der Waals surface area contributed by atoms with Crippen molar-refractivity contribution in [2.45, 2.75) is 57.6 Å². The van der Waals surface area contributed by atoms with Crippen LogP contribution in [0.2, 0.25) is 10.0 Å². The third kappa shape index (κ3) is 7.53. The number of amides is 2. The lowest BCUT2D eigenvalue weighted by Crippen LogP contribution is -2.53. The van der Waals surface area contributed by atoms with Gasteiger partial charge in [-0.3, -0.25) is 13.9 Å². The molecule has 0 saturated heterocycles. The Hall–Kier alpha value is -3.07. The van der Waals surface area contributed by atoms with Crippen molar-refractivity contribution in [3.05, 3.63) is 94.0 Å². The van der Waals surface area contributed by atoms with Crippen LogP contribution >= 0.6 is 23.2 Å². The monoisotopic (exact) mass is 589 g/mol. The summed E-state index contributed by atoms with van der Waals surface area (Å²) in [5.41, 5.74) is 1.54. The Morgan fingerprint density at radius 1 is 0.949 bits per heavy atom. The van der Waals surface area contributed by atoms with Gasteiger partial charge in [-0.05, 0) is 74.7 Å². The van der Waals surface area contributed by atoms with Crippen molar-refractivity contribution >= 4 is 50.7 Å². The van der Waals surface area contributed by atoms with E-state index < -0.39 is 28.5 Å². The van der Waals surface area contributed by atoms with E-state index in [-0.39, 0.29) is 23.4 Å². The van der Waals surface area contributed by atoms with Crippen molar-refractivity contribution in [2.75, 3.05) is 10.8 Å². The molecule has 10 heteroatoms. The Morgan fingerprint density at radius 2 is 1.59 bits per heavy atom. The maximum absolute atomic E-state index is 14.1. The molecular weight excluding hydrogens is 557 g/mol. The van der Waals surface area contributed by atoms with E-state index >= 15 is 0 Å². The van der Waals surface area contributed by atoms with E-state index in [0.29, 0.717) is 33.3 Å². The molecule has 208 valence electrons. The summed E-state index contributed by atoms with van der Waals surface area (Å²) in [7, 11) is -4.15. The molecule has 3 rings (SSSR count). The molecule has 0 spiro atoms. The van der Waals surface area contributed by atoms with E-state index in [1.54, 1.807) is 74.5 Å². The van der Waals surface area contributed by atoms with Crippen molar-refractivity contribution in [1.29, 1.82) is 0 Å². The average Bonchev–Trinajstić information content (AvgIpc) is 2.88. The predicted molar refractivity (Wildman–Crippen MR) is 157 cm³/mol. The van der Waals surface area contributed by atoms with Gasteiger partial charge < -0.3 is 10.2 Å². The number of nitrogens with zero attached hydrogens (tertiary/aromatic N) is 2. The van der Waals surface area contributed by atoms with Crippen LogP contribution in [0.3, 0.4) is 0 Å². The topological polar surface area (TPSA) is 86.8 Å². The smallest absolute Gasteiger partial charge is 0.264 e. The fraction of sp³-hybridized carbons (Fsp3) is 0.310. The van der Waals surface area contributed by atoms with Gasteiger partial charge in [-0.25, -0.2) is 8.42 Å². The first-order chi connectivity index (χ1) is 18.4. The molecule has 3 aromatic rings. The van der Waals surface area contributed by atoms with Crippen molar-refractivity contribution in [3.63, 3.8) is 0 Å². The van der Waals surface area contributed by atoms with Gasteiger partial charge >= 0.3 is 0 Å². The van der Waals surface area contributed by atoms with E-state index in [9.17, 15) is 18.0 Å². The highest BCUT2D eigenvalue weighted by Gasteiger charge is 2.34. The molecule has 0 aliphatic carbocycles. The highest BCUT2D eigenvalue weighted by molar-refractivity contribution is 7.92. The summed E-state index contributed by atoms with van der Waals surface area (Å²) in [4.78, 5) is 28.7. The van der Waals surface area contributed by atoms with Crippen LogP contribution < -0.4 is 9.62 Å². The van der Waals surface area contributed by atoms with Gasteiger partial charge in [-0.1, -0.05) is 66.5 Å². The first kappa shape index (κ1) is 30.5. The van der Waals surface area contributed by atoms with Crippen molar-refractivity contribution in [3.8, 4) is 0 Å². The van der Waals surface area contributed by atoms with E-state index in [2.05, 4.69) is 5.32 Å². The second kappa shape index (κ2) is 13.3. The van der Waals surface area contributed by atoms with Crippen LogP contribution in [0.5, 0.6) is 0 Å². The molecule has 2 amide bonds. The Labute approximate surface area is 240 Å². The van der Waals surface area contributed by atoms with Gasteiger partial charge in [0.2, 0.25) is 11.8 Å². The molecule has 0 aliphatic rings. The summed E-state index contributed by atoms with van der Waals surface area (Å²) in [6.07, 6.45) is 0.320. The van der Waals surface area contributed by atoms with Crippen molar-refractivity contribution < 1.29 is 18.0 Å². The summed E-state index contributed by atoms with van der Waals surface area (Å²) in [6, 6.07) is 18.8. The normalized spacial score (nSPS) is 12.2. The minimum atomic E-state index is -4.15. The summed E-state index contributed by atoms with van der Waals surface area (Å²) in [5.74, 6) is -0.873. The Morgan fingerprint density at radius 3 is 2.18 bits per heavy atom. The SMILES string of the molecule is CCC(C(=O)NC(C)C)N(Cc1ccccc1Cl)C(=O)CN(c1ccc(Cl)cc1C)S(=O)(=O)c1ccccc1.